The summed E-state index contributed by atoms with van der Waals surface area (Å²) in [5, 5.41) is 2.45. The highest BCUT2D eigenvalue weighted by atomic mass is 16.3. The van der Waals surface area contributed by atoms with E-state index in [1.54, 1.807) is 0 Å². The van der Waals surface area contributed by atoms with Crippen LogP contribution in [0, 0.1) is 0 Å². The zero-order chi connectivity index (χ0) is 19.2. The molecule has 2 nitrogen and oxygen atoms in total. The molecular formula is C27H25NO. The smallest absolute Gasteiger partial charge is 0.135 e. The van der Waals surface area contributed by atoms with Gasteiger partial charge in [-0.2, -0.15) is 0 Å². The largest absolute Gasteiger partial charge is 0.456 e. The summed E-state index contributed by atoms with van der Waals surface area (Å²) in [5.41, 5.74) is 6.25. The highest BCUT2D eigenvalue weighted by Crippen LogP contribution is 2.39. The van der Waals surface area contributed by atoms with Crippen LogP contribution in [-0.2, 0) is 6.54 Å². The Morgan fingerprint density at radius 1 is 0.828 bits per heavy atom. The van der Waals surface area contributed by atoms with Crippen LogP contribution < -0.4 is 0 Å². The summed E-state index contributed by atoms with van der Waals surface area (Å²) < 4.78 is 6.03. The Bertz CT molecular complexity index is 1200. The van der Waals surface area contributed by atoms with Crippen molar-refractivity contribution in [3.05, 3.63) is 90.0 Å². The molecule has 2 bridgehead atoms. The number of fused-ring (bicyclic) bond motifs is 5. The van der Waals surface area contributed by atoms with E-state index in [1.807, 2.05) is 6.07 Å². The molecule has 0 N–H and O–H groups in total. The van der Waals surface area contributed by atoms with E-state index in [-0.39, 0.29) is 0 Å². The van der Waals surface area contributed by atoms with Crippen molar-refractivity contribution in [3.63, 3.8) is 0 Å². The van der Waals surface area contributed by atoms with Gasteiger partial charge in [0.2, 0.25) is 0 Å². The molecule has 29 heavy (non-hydrogen) atoms. The molecule has 0 radical (unpaired) electrons. The Morgan fingerprint density at radius 3 is 2.55 bits per heavy atom. The quantitative estimate of drug-likeness (QED) is 0.389. The van der Waals surface area contributed by atoms with Gasteiger partial charge >= 0.3 is 0 Å². The van der Waals surface area contributed by atoms with Crippen molar-refractivity contribution >= 4 is 27.5 Å². The minimum Gasteiger partial charge on any atom is -0.456 e. The Morgan fingerprint density at radius 2 is 1.66 bits per heavy atom. The molecule has 1 fully saturated rings. The maximum Gasteiger partial charge on any atom is 0.135 e. The van der Waals surface area contributed by atoms with Crippen molar-refractivity contribution in [2.45, 2.75) is 44.3 Å². The van der Waals surface area contributed by atoms with Gasteiger partial charge < -0.3 is 4.42 Å². The van der Waals surface area contributed by atoms with E-state index in [0.717, 1.165) is 24.1 Å². The highest BCUT2D eigenvalue weighted by molar-refractivity contribution is 6.05. The molecule has 2 atom stereocenters. The molecule has 144 valence electrons. The lowest BCUT2D eigenvalue weighted by Crippen LogP contribution is -2.47. The number of furan rings is 1. The second-order valence-corrected chi connectivity index (χ2v) is 8.52. The SMILES string of the molecule is C1=C(c2ccc3oc4ccccc4c3c2)CC2CCCC1N2Cc1ccccc1. The van der Waals surface area contributed by atoms with Crippen molar-refractivity contribution < 1.29 is 4.42 Å². The summed E-state index contributed by atoms with van der Waals surface area (Å²) in [7, 11) is 0. The maximum absolute atomic E-state index is 6.03. The predicted octanol–water partition coefficient (Wildman–Crippen LogP) is 6.80. The van der Waals surface area contributed by atoms with Crippen LogP contribution in [0.15, 0.2) is 83.3 Å². The van der Waals surface area contributed by atoms with Gasteiger partial charge in [-0.15, -0.1) is 0 Å². The summed E-state index contributed by atoms with van der Waals surface area (Å²) in [6.45, 7) is 1.06. The van der Waals surface area contributed by atoms with Crippen LogP contribution in [0.25, 0.3) is 27.5 Å². The second-order valence-electron chi connectivity index (χ2n) is 8.52. The van der Waals surface area contributed by atoms with Crippen LogP contribution in [0.4, 0.5) is 0 Å². The van der Waals surface area contributed by atoms with Crippen molar-refractivity contribution in [1.82, 2.24) is 4.90 Å². The summed E-state index contributed by atoms with van der Waals surface area (Å²) in [5.74, 6) is 0. The zero-order valence-corrected chi connectivity index (χ0v) is 16.6. The normalized spacial score (nSPS) is 22.1. The van der Waals surface area contributed by atoms with Crippen LogP contribution in [0.1, 0.15) is 36.8 Å². The van der Waals surface area contributed by atoms with E-state index in [1.165, 1.54) is 46.7 Å². The van der Waals surface area contributed by atoms with Gasteiger partial charge in [-0.25, -0.2) is 0 Å². The first-order chi connectivity index (χ1) is 14.3. The van der Waals surface area contributed by atoms with Crippen LogP contribution in [-0.4, -0.2) is 17.0 Å². The van der Waals surface area contributed by atoms with Crippen LogP contribution in [0.5, 0.6) is 0 Å². The van der Waals surface area contributed by atoms with E-state index < -0.39 is 0 Å². The second kappa shape index (κ2) is 6.89. The molecule has 3 heterocycles. The molecule has 1 saturated heterocycles. The standard InChI is InChI=1S/C27H25NO/c1-2-7-19(8-3-1)18-28-22-9-6-10-23(28)16-21(15-22)20-13-14-27-25(17-20)24-11-4-5-12-26(24)29-27/h1-5,7-8,11-15,17,22-23H,6,9-10,16,18H2. The van der Waals surface area contributed by atoms with Crippen molar-refractivity contribution in [1.29, 1.82) is 0 Å². The third kappa shape index (κ3) is 2.99. The lowest BCUT2D eigenvalue weighted by atomic mass is 9.82. The van der Waals surface area contributed by atoms with E-state index in [2.05, 4.69) is 77.7 Å². The molecule has 3 aromatic carbocycles. The molecule has 6 rings (SSSR count). The van der Waals surface area contributed by atoms with E-state index in [4.69, 9.17) is 4.42 Å². The first kappa shape index (κ1) is 17.1. The average Bonchev–Trinajstić information content (AvgIpc) is 3.12. The van der Waals surface area contributed by atoms with Crippen molar-refractivity contribution in [2.75, 3.05) is 0 Å². The van der Waals surface area contributed by atoms with E-state index >= 15 is 0 Å². The molecule has 1 aromatic heterocycles. The topological polar surface area (TPSA) is 16.4 Å². The minimum absolute atomic E-state index is 0.550. The third-order valence-electron chi connectivity index (χ3n) is 6.74. The Labute approximate surface area is 171 Å². The Kier molecular flexibility index (Phi) is 4.05. The fraction of sp³-hybridized carbons (Fsp3) is 0.259. The molecule has 4 aromatic rings. The predicted molar refractivity (Wildman–Crippen MR) is 120 cm³/mol. The molecule has 0 saturated carbocycles. The molecule has 0 amide bonds. The van der Waals surface area contributed by atoms with Gasteiger partial charge in [0.05, 0.1) is 0 Å². The molecule has 2 heteroatoms. The number of rotatable bonds is 3. The summed E-state index contributed by atoms with van der Waals surface area (Å²) in [6, 6.07) is 27.2. The van der Waals surface area contributed by atoms with Crippen LogP contribution >= 0.6 is 0 Å². The Hall–Kier alpha value is -2.84. The Balaban J connectivity index is 1.36. The fourth-order valence-electron chi connectivity index (χ4n) is 5.30. The van der Waals surface area contributed by atoms with Crippen molar-refractivity contribution in [2.24, 2.45) is 0 Å². The molecule has 2 aliphatic heterocycles. The van der Waals surface area contributed by atoms with Crippen LogP contribution in [0.2, 0.25) is 0 Å². The number of benzene rings is 3. The number of hydrogen-bond acceptors (Lipinski definition) is 2. The summed E-state index contributed by atoms with van der Waals surface area (Å²) >= 11 is 0. The third-order valence-corrected chi connectivity index (χ3v) is 6.74. The molecule has 2 aliphatic rings. The molecule has 2 unspecified atom stereocenters. The average molecular weight is 380 g/mol. The molecule has 0 aliphatic carbocycles. The van der Waals surface area contributed by atoms with Crippen LogP contribution in [0.3, 0.4) is 0 Å². The van der Waals surface area contributed by atoms with Gasteiger partial charge in [0.15, 0.2) is 0 Å². The first-order valence-corrected chi connectivity index (χ1v) is 10.8. The van der Waals surface area contributed by atoms with Gasteiger partial charge in [-0.3, -0.25) is 4.90 Å². The molecule has 0 spiro atoms. The van der Waals surface area contributed by atoms with Gasteiger partial charge in [0.1, 0.15) is 11.2 Å². The van der Waals surface area contributed by atoms with Gasteiger partial charge in [-0.1, -0.05) is 67.1 Å². The lowest BCUT2D eigenvalue weighted by molar-refractivity contribution is 0.0951. The number of hydrogen-bond donors (Lipinski definition) is 0. The van der Waals surface area contributed by atoms with Crippen molar-refractivity contribution in [3.8, 4) is 0 Å². The van der Waals surface area contributed by atoms with Gasteiger partial charge in [0.25, 0.3) is 0 Å². The minimum atomic E-state index is 0.550. The lowest BCUT2D eigenvalue weighted by Gasteiger charge is -2.45. The first-order valence-electron chi connectivity index (χ1n) is 10.8. The summed E-state index contributed by atoms with van der Waals surface area (Å²) in [4.78, 5) is 2.73. The molecular weight excluding hydrogens is 354 g/mol. The van der Waals surface area contributed by atoms with E-state index in [9.17, 15) is 0 Å². The fourth-order valence-corrected chi connectivity index (χ4v) is 5.30. The zero-order valence-electron chi connectivity index (χ0n) is 16.6. The summed E-state index contributed by atoms with van der Waals surface area (Å²) in [6.07, 6.45) is 7.60. The number of piperidine rings is 1. The maximum atomic E-state index is 6.03. The monoisotopic (exact) mass is 379 g/mol. The van der Waals surface area contributed by atoms with E-state index in [0.29, 0.717) is 12.1 Å². The number of nitrogens with zero attached hydrogens (tertiary/aromatic N) is 1. The number of para-hydroxylation sites is 1. The van der Waals surface area contributed by atoms with Gasteiger partial charge in [-0.05, 0) is 54.2 Å². The highest BCUT2D eigenvalue weighted by Gasteiger charge is 2.34. The van der Waals surface area contributed by atoms with Gasteiger partial charge in [0, 0.05) is 29.4 Å².